The van der Waals surface area contributed by atoms with Gasteiger partial charge in [0.2, 0.25) is 11.3 Å². The van der Waals surface area contributed by atoms with E-state index in [1.807, 2.05) is 36.4 Å². The number of hydrogen-bond donors (Lipinski definition) is 2. The maximum Gasteiger partial charge on any atom is 0.260 e. The summed E-state index contributed by atoms with van der Waals surface area (Å²) in [5.41, 5.74) is 7.28. The predicted molar refractivity (Wildman–Crippen MR) is 85.7 cm³/mol. The van der Waals surface area contributed by atoms with Crippen LogP contribution in [0.15, 0.2) is 57.7 Å². The van der Waals surface area contributed by atoms with Crippen LogP contribution in [0.1, 0.15) is 10.4 Å². The third-order valence-corrected chi connectivity index (χ3v) is 3.48. The van der Waals surface area contributed by atoms with Gasteiger partial charge in [-0.05, 0) is 23.3 Å². The van der Waals surface area contributed by atoms with Crippen molar-refractivity contribution in [2.45, 2.75) is 0 Å². The highest BCUT2D eigenvalue weighted by atomic mass is 16.3. The lowest BCUT2D eigenvalue weighted by Gasteiger charge is -2.07. The molecule has 0 aliphatic carbocycles. The van der Waals surface area contributed by atoms with Crippen molar-refractivity contribution in [1.29, 1.82) is 0 Å². The Labute approximate surface area is 126 Å². The first-order chi connectivity index (χ1) is 10.6. The molecule has 22 heavy (non-hydrogen) atoms. The van der Waals surface area contributed by atoms with Gasteiger partial charge in [-0.1, -0.05) is 36.4 Å². The summed E-state index contributed by atoms with van der Waals surface area (Å²) in [5.74, 6) is -0.734. The third kappa shape index (κ3) is 2.22. The SMILES string of the molecule is CNC(=O)c1c(N)oc2ccc(-c3ccccc3)cc2c1=O. The number of carbonyl (C=O) groups excluding carboxylic acids is 1. The zero-order valence-corrected chi connectivity index (χ0v) is 11.9. The molecule has 0 atom stereocenters. The largest absolute Gasteiger partial charge is 0.440 e. The van der Waals surface area contributed by atoms with Crippen molar-refractivity contribution >= 4 is 22.8 Å². The topological polar surface area (TPSA) is 85.3 Å². The molecule has 0 fully saturated rings. The Hall–Kier alpha value is -3.08. The van der Waals surface area contributed by atoms with E-state index in [2.05, 4.69) is 5.32 Å². The molecular formula is C17H14N2O3. The van der Waals surface area contributed by atoms with Crippen molar-refractivity contribution < 1.29 is 9.21 Å². The Morgan fingerprint density at radius 1 is 1.09 bits per heavy atom. The molecule has 0 aliphatic heterocycles. The van der Waals surface area contributed by atoms with E-state index in [4.69, 9.17) is 10.2 Å². The molecule has 0 radical (unpaired) electrons. The average Bonchev–Trinajstić information content (AvgIpc) is 2.55. The Morgan fingerprint density at radius 2 is 1.82 bits per heavy atom. The van der Waals surface area contributed by atoms with Crippen LogP contribution in [0.5, 0.6) is 0 Å². The first kappa shape index (κ1) is 13.9. The standard InChI is InChI=1S/C17H14N2O3/c1-19-17(21)14-15(20)12-9-11(10-5-3-2-4-6-10)7-8-13(12)22-16(14)18/h2-9H,18H2,1H3,(H,19,21). The van der Waals surface area contributed by atoms with Crippen molar-refractivity contribution in [2.24, 2.45) is 0 Å². The lowest BCUT2D eigenvalue weighted by molar-refractivity contribution is 0.0961. The van der Waals surface area contributed by atoms with Crippen LogP contribution in [0.25, 0.3) is 22.1 Å². The molecule has 0 spiro atoms. The first-order valence-electron chi connectivity index (χ1n) is 6.75. The number of amides is 1. The molecule has 0 saturated heterocycles. The molecule has 1 heterocycles. The zero-order valence-electron chi connectivity index (χ0n) is 11.9. The molecular weight excluding hydrogens is 280 g/mol. The molecule has 0 aliphatic rings. The Balaban J connectivity index is 2.28. The fraction of sp³-hybridized carbons (Fsp3) is 0.0588. The fourth-order valence-electron chi connectivity index (χ4n) is 2.36. The molecule has 0 unspecified atom stereocenters. The van der Waals surface area contributed by atoms with Crippen molar-refractivity contribution in [1.82, 2.24) is 5.32 Å². The molecule has 1 amide bonds. The van der Waals surface area contributed by atoms with Crippen LogP contribution in [0.4, 0.5) is 5.88 Å². The molecule has 3 aromatic rings. The number of rotatable bonds is 2. The Morgan fingerprint density at radius 3 is 2.50 bits per heavy atom. The normalized spacial score (nSPS) is 10.6. The van der Waals surface area contributed by atoms with E-state index in [0.29, 0.717) is 11.0 Å². The summed E-state index contributed by atoms with van der Waals surface area (Å²) in [4.78, 5) is 24.3. The predicted octanol–water partition coefficient (Wildman–Crippen LogP) is 2.40. The van der Waals surface area contributed by atoms with E-state index in [0.717, 1.165) is 11.1 Å². The lowest BCUT2D eigenvalue weighted by atomic mass is 10.0. The second kappa shape index (κ2) is 5.37. The van der Waals surface area contributed by atoms with E-state index >= 15 is 0 Å². The summed E-state index contributed by atoms with van der Waals surface area (Å²) in [7, 11) is 1.44. The molecule has 1 aromatic heterocycles. The number of benzene rings is 2. The number of nitrogens with one attached hydrogen (secondary N) is 1. The zero-order chi connectivity index (χ0) is 15.7. The molecule has 2 aromatic carbocycles. The number of carbonyl (C=O) groups is 1. The second-order valence-corrected chi connectivity index (χ2v) is 4.83. The summed E-state index contributed by atoms with van der Waals surface area (Å²) < 4.78 is 5.40. The Kier molecular flexibility index (Phi) is 3.39. The van der Waals surface area contributed by atoms with Gasteiger partial charge < -0.3 is 15.5 Å². The van der Waals surface area contributed by atoms with Gasteiger partial charge in [0.05, 0.1) is 5.39 Å². The first-order valence-corrected chi connectivity index (χ1v) is 6.75. The smallest absolute Gasteiger partial charge is 0.260 e. The molecule has 3 N–H and O–H groups in total. The van der Waals surface area contributed by atoms with Crippen molar-refractivity contribution in [3.63, 3.8) is 0 Å². The van der Waals surface area contributed by atoms with E-state index in [-0.39, 0.29) is 11.4 Å². The number of nitrogens with two attached hydrogens (primary N) is 1. The van der Waals surface area contributed by atoms with Gasteiger partial charge in [-0.3, -0.25) is 9.59 Å². The van der Waals surface area contributed by atoms with Crippen LogP contribution in [0, 0.1) is 0 Å². The van der Waals surface area contributed by atoms with Crippen LogP contribution in [0.2, 0.25) is 0 Å². The van der Waals surface area contributed by atoms with Gasteiger partial charge in [-0.2, -0.15) is 0 Å². The van der Waals surface area contributed by atoms with Gasteiger partial charge in [0.25, 0.3) is 5.91 Å². The van der Waals surface area contributed by atoms with E-state index in [9.17, 15) is 9.59 Å². The number of fused-ring (bicyclic) bond motifs is 1. The van der Waals surface area contributed by atoms with Gasteiger partial charge >= 0.3 is 0 Å². The average molecular weight is 294 g/mol. The summed E-state index contributed by atoms with van der Waals surface area (Å²) in [6.07, 6.45) is 0. The van der Waals surface area contributed by atoms with Crippen LogP contribution >= 0.6 is 0 Å². The number of anilines is 1. The summed E-state index contributed by atoms with van der Waals surface area (Å²) in [6, 6.07) is 14.9. The highest BCUT2D eigenvalue weighted by Gasteiger charge is 2.18. The molecule has 0 saturated carbocycles. The molecule has 3 rings (SSSR count). The van der Waals surface area contributed by atoms with Crippen molar-refractivity contribution in [2.75, 3.05) is 12.8 Å². The molecule has 5 nitrogen and oxygen atoms in total. The minimum absolute atomic E-state index is 0.166. The van der Waals surface area contributed by atoms with Gasteiger partial charge in [0.15, 0.2) is 0 Å². The quantitative estimate of drug-likeness (QED) is 0.760. The van der Waals surface area contributed by atoms with Crippen LogP contribution in [-0.2, 0) is 0 Å². The van der Waals surface area contributed by atoms with E-state index in [1.165, 1.54) is 7.05 Å². The highest BCUT2D eigenvalue weighted by molar-refractivity contribution is 6.01. The molecule has 0 bridgehead atoms. The fourth-order valence-corrected chi connectivity index (χ4v) is 2.36. The number of nitrogen functional groups attached to an aromatic ring is 1. The van der Waals surface area contributed by atoms with Gasteiger partial charge in [0.1, 0.15) is 11.1 Å². The number of hydrogen-bond acceptors (Lipinski definition) is 4. The minimum Gasteiger partial charge on any atom is -0.440 e. The van der Waals surface area contributed by atoms with Crippen molar-refractivity contribution in [3.05, 3.63) is 64.3 Å². The van der Waals surface area contributed by atoms with Gasteiger partial charge in [-0.25, -0.2) is 0 Å². The maximum absolute atomic E-state index is 12.5. The van der Waals surface area contributed by atoms with Crippen LogP contribution in [0.3, 0.4) is 0 Å². The monoisotopic (exact) mass is 294 g/mol. The minimum atomic E-state index is -0.557. The van der Waals surface area contributed by atoms with E-state index < -0.39 is 11.3 Å². The lowest BCUT2D eigenvalue weighted by Crippen LogP contribution is -2.26. The maximum atomic E-state index is 12.5. The van der Waals surface area contributed by atoms with Gasteiger partial charge in [0, 0.05) is 7.05 Å². The summed E-state index contributed by atoms with van der Waals surface area (Å²) >= 11 is 0. The van der Waals surface area contributed by atoms with E-state index in [1.54, 1.807) is 12.1 Å². The van der Waals surface area contributed by atoms with Crippen LogP contribution < -0.4 is 16.5 Å². The third-order valence-electron chi connectivity index (χ3n) is 3.48. The Bertz CT molecular complexity index is 914. The molecule has 5 heteroatoms. The molecule has 110 valence electrons. The van der Waals surface area contributed by atoms with Crippen molar-refractivity contribution in [3.8, 4) is 11.1 Å². The summed E-state index contributed by atoms with van der Waals surface area (Å²) in [6.45, 7) is 0. The van der Waals surface area contributed by atoms with Gasteiger partial charge in [-0.15, -0.1) is 0 Å². The highest BCUT2D eigenvalue weighted by Crippen LogP contribution is 2.24. The summed E-state index contributed by atoms with van der Waals surface area (Å²) in [5, 5.41) is 2.72. The second-order valence-electron chi connectivity index (χ2n) is 4.83. The van der Waals surface area contributed by atoms with Crippen LogP contribution in [-0.4, -0.2) is 13.0 Å².